The van der Waals surface area contributed by atoms with Crippen molar-refractivity contribution in [3.05, 3.63) is 66.2 Å². The van der Waals surface area contributed by atoms with E-state index >= 15 is 0 Å². The minimum atomic E-state index is -1.07. The van der Waals surface area contributed by atoms with Gasteiger partial charge in [0.2, 0.25) is 0 Å². The summed E-state index contributed by atoms with van der Waals surface area (Å²) in [5.41, 5.74) is 0.990. The van der Waals surface area contributed by atoms with Crippen LogP contribution in [0.25, 0.3) is 0 Å². The van der Waals surface area contributed by atoms with Crippen molar-refractivity contribution in [1.29, 1.82) is 0 Å². The molecule has 0 aromatic heterocycles. The average Bonchev–Trinajstić information content (AvgIpc) is 3.02. The number of hydrogen-bond donors (Lipinski definition) is 0. The van der Waals surface area contributed by atoms with Gasteiger partial charge in [0.15, 0.2) is 6.10 Å². The molecule has 2 atom stereocenters. The van der Waals surface area contributed by atoms with Gasteiger partial charge in [0.05, 0.1) is 6.04 Å². The van der Waals surface area contributed by atoms with Gasteiger partial charge in [-0.2, -0.15) is 0 Å². The van der Waals surface area contributed by atoms with Crippen LogP contribution in [0.15, 0.2) is 60.7 Å². The van der Waals surface area contributed by atoms with Crippen molar-refractivity contribution in [2.24, 2.45) is 0 Å². The first-order chi connectivity index (χ1) is 12.7. The standard InChI is InChI=1S/C20H19NO5/c22-12-11-18(26-17-9-5-2-6-10-17)19(23)21-16(14-25-20(21)24)13-15-7-3-1-4-8-15/h1-10,12,16,18H,11,13-14H2/t16-,18-/m0/s1. The molecule has 1 fully saturated rings. The largest absolute Gasteiger partial charge is 0.480 e. The van der Waals surface area contributed by atoms with Gasteiger partial charge in [0, 0.05) is 6.42 Å². The quantitative estimate of drug-likeness (QED) is 0.716. The third-order valence-electron chi connectivity index (χ3n) is 4.12. The van der Waals surface area contributed by atoms with Crippen LogP contribution in [0.4, 0.5) is 4.79 Å². The lowest BCUT2D eigenvalue weighted by Gasteiger charge is -2.24. The molecule has 6 nitrogen and oxygen atoms in total. The van der Waals surface area contributed by atoms with Gasteiger partial charge >= 0.3 is 6.09 Å². The van der Waals surface area contributed by atoms with E-state index in [-0.39, 0.29) is 13.0 Å². The first-order valence-corrected chi connectivity index (χ1v) is 8.38. The Balaban J connectivity index is 1.77. The number of ether oxygens (including phenoxy) is 2. The molecule has 2 aromatic rings. The Hall–Kier alpha value is -3.15. The average molecular weight is 353 g/mol. The molecule has 26 heavy (non-hydrogen) atoms. The van der Waals surface area contributed by atoms with Crippen molar-refractivity contribution in [2.75, 3.05) is 6.61 Å². The van der Waals surface area contributed by atoms with Crippen molar-refractivity contribution in [1.82, 2.24) is 4.90 Å². The van der Waals surface area contributed by atoms with E-state index in [2.05, 4.69) is 0 Å². The molecule has 1 aliphatic heterocycles. The molecule has 134 valence electrons. The molecule has 0 aliphatic carbocycles. The fourth-order valence-corrected chi connectivity index (χ4v) is 2.87. The number of rotatable bonds is 7. The summed E-state index contributed by atoms with van der Waals surface area (Å²) in [6.07, 6.45) is -0.825. The van der Waals surface area contributed by atoms with Gasteiger partial charge in [-0.3, -0.25) is 4.79 Å². The van der Waals surface area contributed by atoms with Crippen LogP contribution in [0.2, 0.25) is 0 Å². The molecule has 0 saturated carbocycles. The van der Waals surface area contributed by atoms with Crippen molar-refractivity contribution in [3.63, 3.8) is 0 Å². The number of imide groups is 1. The third-order valence-corrected chi connectivity index (χ3v) is 4.12. The maximum Gasteiger partial charge on any atom is 0.417 e. The fourth-order valence-electron chi connectivity index (χ4n) is 2.87. The second-order valence-electron chi connectivity index (χ2n) is 5.95. The second-order valence-corrected chi connectivity index (χ2v) is 5.95. The topological polar surface area (TPSA) is 72.9 Å². The van der Waals surface area contributed by atoms with Gasteiger partial charge in [0.25, 0.3) is 5.91 Å². The van der Waals surface area contributed by atoms with E-state index in [9.17, 15) is 14.4 Å². The zero-order valence-electron chi connectivity index (χ0n) is 14.1. The van der Waals surface area contributed by atoms with E-state index in [4.69, 9.17) is 9.47 Å². The highest BCUT2D eigenvalue weighted by Crippen LogP contribution is 2.21. The monoisotopic (exact) mass is 353 g/mol. The van der Waals surface area contributed by atoms with Gasteiger partial charge in [-0.25, -0.2) is 9.69 Å². The molecule has 0 radical (unpaired) electrons. The van der Waals surface area contributed by atoms with Crippen LogP contribution in [0.5, 0.6) is 5.75 Å². The number of carbonyl (C=O) groups is 3. The lowest BCUT2D eigenvalue weighted by molar-refractivity contribution is -0.138. The molecule has 0 bridgehead atoms. The van der Waals surface area contributed by atoms with Crippen LogP contribution in [0.1, 0.15) is 12.0 Å². The molecular weight excluding hydrogens is 334 g/mol. The first kappa shape index (κ1) is 17.7. The predicted octanol–water partition coefficient (Wildman–Crippen LogP) is 2.61. The lowest BCUT2D eigenvalue weighted by Crippen LogP contribution is -2.47. The summed E-state index contributed by atoms with van der Waals surface area (Å²) in [7, 11) is 0. The number of aldehydes is 1. The fraction of sp³-hybridized carbons (Fsp3) is 0.250. The molecule has 1 aliphatic rings. The molecule has 3 rings (SSSR count). The second kappa shape index (κ2) is 8.29. The van der Waals surface area contributed by atoms with E-state index in [1.54, 1.807) is 24.3 Å². The number of nitrogens with zero attached hydrogens (tertiary/aromatic N) is 1. The van der Waals surface area contributed by atoms with E-state index in [1.807, 2.05) is 36.4 Å². The molecule has 0 spiro atoms. The van der Waals surface area contributed by atoms with Crippen LogP contribution in [-0.4, -0.2) is 41.9 Å². The number of carbonyl (C=O) groups excluding carboxylic acids is 3. The molecule has 1 heterocycles. The van der Waals surface area contributed by atoms with Gasteiger partial charge in [-0.05, 0) is 24.1 Å². The first-order valence-electron chi connectivity index (χ1n) is 8.38. The van der Waals surface area contributed by atoms with Crippen LogP contribution in [-0.2, 0) is 20.7 Å². The number of cyclic esters (lactones) is 1. The smallest absolute Gasteiger partial charge is 0.417 e. The Labute approximate surface area is 151 Å². The van der Waals surface area contributed by atoms with Crippen LogP contribution < -0.4 is 4.74 Å². The SMILES string of the molecule is O=CC[C@H](Oc1ccccc1)C(=O)N1C(=O)OC[C@@H]1Cc1ccccc1. The molecule has 0 unspecified atom stereocenters. The Kier molecular flexibility index (Phi) is 5.63. The van der Waals surface area contributed by atoms with E-state index < -0.39 is 24.1 Å². The summed E-state index contributed by atoms with van der Waals surface area (Å²) in [6.45, 7) is 0.124. The van der Waals surface area contributed by atoms with Crippen LogP contribution >= 0.6 is 0 Å². The summed E-state index contributed by atoms with van der Waals surface area (Å²) in [4.78, 5) is 37.1. The highest BCUT2D eigenvalue weighted by Gasteiger charge is 2.41. The Bertz CT molecular complexity index is 762. The number of benzene rings is 2. The van der Waals surface area contributed by atoms with Crippen molar-refractivity contribution in [3.8, 4) is 5.75 Å². The van der Waals surface area contributed by atoms with E-state index in [0.29, 0.717) is 18.5 Å². The summed E-state index contributed by atoms with van der Waals surface area (Å²) in [6, 6.07) is 17.8. The summed E-state index contributed by atoms with van der Waals surface area (Å²) >= 11 is 0. The van der Waals surface area contributed by atoms with Crippen molar-refractivity contribution >= 4 is 18.3 Å². The third kappa shape index (κ3) is 4.08. The lowest BCUT2D eigenvalue weighted by atomic mass is 10.1. The molecule has 2 aromatic carbocycles. The number of amides is 2. The summed E-state index contributed by atoms with van der Waals surface area (Å²) in [5.74, 6) is -0.107. The molecule has 2 amide bonds. The van der Waals surface area contributed by atoms with Crippen molar-refractivity contribution < 1.29 is 23.9 Å². The van der Waals surface area contributed by atoms with Gasteiger partial charge < -0.3 is 14.3 Å². The maximum atomic E-state index is 12.9. The number of hydrogen-bond acceptors (Lipinski definition) is 5. The highest BCUT2D eigenvalue weighted by atomic mass is 16.6. The summed E-state index contributed by atoms with van der Waals surface area (Å²) < 4.78 is 10.7. The minimum absolute atomic E-state index is 0.124. The van der Waals surface area contributed by atoms with Gasteiger partial charge in [0.1, 0.15) is 18.6 Å². The highest BCUT2D eigenvalue weighted by molar-refractivity contribution is 5.97. The minimum Gasteiger partial charge on any atom is -0.480 e. The zero-order chi connectivity index (χ0) is 18.4. The van der Waals surface area contributed by atoms with Crippen LogP contribution in [0.3, 0.4) is 0 Å². The summed E-state index contributed by atoms with van der Waals surface area (Å²) in [5, 5.41) is 0. The Morgan fingerprint density at radius 3 is 2.46 bits per heavy atom. The maximum absolute atomic E-state index is 12.9. The molecule has 6 heteroatoms. The molecule has 0 N–H and O–H groups in total. The van der Waals surface area contributed by atoms with E-state index in [0.717, 1.165) is 10.5 Å². The molecular formula is C20H19NO5. The van der Waals surface area contributed by atoms with Gasteiger partial charge in [-0.15, -0.1) is 0 Å². The molecule has 1 saturated heterocycles. The predicted molar refractivity (Wildman–Crippen MR) is 93.7 cm³/mol. The number of para-hydroxylation sites is 1. The Morgan fingerprint density at radius 1 is 1.15 bits per heavy atom. The normalized spacial score (nSPS) is 17.5. The van der Waals surface area contributed by atoms with Crippen molar-refractivity contribution in [2.45, 2.75) is 25.0 Å². The van der Waals surface area contributed by atoms with Gasteiger partial charge in [-0.1, -0.05) is 48.5 Å². The van der Waals surface area contributed by atoms with Crippen LogP contribution in [0, 0.1) is 0 Å². The zero-order valence-corrected chi connectivity index (χ0v) is 14.1. The van der Waals surface area contributed by atoms with E-state index in [1.165, 1.54) is 0 Å². The Morgan fingerprint density at radius 2 is 1.81 bits per heavy atom.